The number of fused-ring (bicyclic) bond motifs is 1. The molecule has 7 heteroatoms. The number of hydrogen-bond donors (Lipinski definition) is 2. The molecule has 1 aromatic heterocycles. The number of ether oxygens (including phenoxy) is 1. The number of aromatic nitrogens is 1. The molecular formula is C22H26ClN3O2S. The van der Waals surface area contributed by atoms with Gasteiger partial charge in [0.25, 0.3) is 0 Å². The molecule has 5 nitrogen and oxygen atoms in total. The smallest absolute Gasteiger partial charge is 0.233 e. The van der Waals surface area contributed by atoms with Crippen LogP contribution in [0.3, 0.4) is 0 Å². The van der Waals surface area contributed by atoms with E-state index in [0.717, 1.165) is 47.7 Å². The van der Waals surface area contributed by atoms with Gasteiger partial charge in [0.05, 0.1) is 22.2 Å². The summed E-state index contributed by atoms with van der Waals surface area (Å²) in [4.78, 5) is 17.7. The summed E-state index contributed by atoms with van der Waals surface area (Å²) in [6.45, 7) is 4.22. The van der Waals surface area contributed by atoms with E-state index in [-0.39, 0.29) is 18.3 Å². The Morgan fingerprint density at radius 1 is 1.21 bits per heavy atom. The summed E-state index contributed by atoms with van der Waals surface area (Å²) < 4.78 is 6.56. The topological polar surface area (TPSA) is 63.2 Å². The number of amides is 1. The van der Waals surface area contributed by atoms with Gasteiger partial charge in [-0.15, -0.1) is 23.7 Å². The first kappa shape index (κ1) is 21.7. The Morgan fingerprint density at radius 3 is 2.62 bits per heavy atom. The second-order valence-electron chi connectivity index (χ2n) is 7.49. The molecule has 0 unspecified atom stereocenters. The molecule has 1 aliphatic heterocycles. The number of thiazole rings is 1. The van der Waals surface area contributed by atoms with E-state index in [1.165, 1.54) is 10.3 Å². The summed E-state index contributed by atoms with van der Waals surface area (Å²) in [6, 6.07) is 14.3. The Labute approximate surface area is 181 Å². The number of rotatable bonds is 5. The molecule has 2 N–H and O–H groups in total. The van der Waals surface area contributed by atoms with Gasteiger partial charge in [-0.1, -0.05) is 6.07 Å². The number of halogens is 1. The predicted molar refractivity (Wildman–Crippen MR) is 122 cm³/mol. The Morgan fingerprint density at radius 2 is 1.93 bits per heavy atom. The average molecular weight is 432 g/mol. The fourth-order valence-corrected chi connectivity index (χ4v) is 4.80. The molecule has 0 radical (unpaired) electrons. The number of hydrogen-bond acceptors (Lipinski definition) is 5. The maximum atomic E-state index is 13.0. The second kappa shape index (κ2) is 9.22. The second-order valence-corrected chi connectivity index (χ2v) is 8.52. The van der Waals surface area contributed by atoms with E-state index in [1.807, 2.05) is 24.3 Å². The predicted octanol–water partition coefficient (Wildman–Crippen LogP) is 4.65. The molecule has 1 aliphatic rings. The molecule has 29 heavy (non-hydrogen) atoms. The number of methoxy groups -OCH3 is 1. The van der Waals surface area contributed by atoms with Gasteiger partial charge in [-0.2, -0.15) is 0 Å². The van der Waals surface area contributed by atoms with Crippen molar-refractivity contribution in [2.24, 2.45) is 5.41 Å². The Bertz CT molecular complexity index is 976. The van der Waals surface area contributed by atoms with Crippen LogP contribution in [0.2, 0.25) is 0 Å². The molecule has 1 amide bonds. The molecule has 0 aliphatic carbocycles. The molecule has 0 spiro atoms. The van der Waals surface area contributed by atoms with Crippen LogP contribution >= 0.6 is 23.7 Å². The fraction of sp³-hybridized carbons (Fsp3) is 0.364. The molecule has 3 aromatic rings. The van der Waals surface area contributed by atoms with E-state index >= 15 is 0 Å². The molecule has 1 fully saturated rings. The molecule has 0 bridgehead atoms. The average Bonchev–Trinajstić information content (AvgIpc) is 3.12. The quantitative estimate of drug-likeness (QED) is 0.617. The summed E-state index contributed by atoms with van der Waals surface area (Å²) in [7, 11) is 1.66. The first-order valence-electron chi connectivity index (χ1n) is 9.58. The SMILES string of the molecule is COCC1(C(=O)Nc2ccc(-c3nc4ccc(C)cc4s3)cc2)CCNCC1.Cl. The minimum absolute atomic E-state index is 0. The first-order chi connectivity index (χ1) is 13.6. The largest absolute Gasteiger partial charge is 0.384 e. The van der Waals surface area contributed by atoms with Gasteiger partial charge in [0.2, 0.25) is 5.91 Å². The third kappa shape index (κ3) is 4.61. The Kier molecular flexibility index (Phi) is 6.90. The zero-order chi connectivity index (χ0) is 19.6. The molecule has 154 valence electrons. The number of nitrogens with one attached hydrogen (secondary N) is 2. The number of carbonyl (C=O) groups is 1. The van der Waals surface area contributed by atoms with Crippen molar-refractivity contribution >= 4 is 45.6 Å². The normalized spacial score (nSPS) is 15.7. The van der Waals surface area contributed by atoms with Crippen molar-refractivity contribution in [1.82, 2.24) is 10.3 Å². The minimum Gasteiger partial charge on any atom is -0.384 e. The van der Waals surface area contributed by atoms with Crippen LogP contribution in [-0.4, -0.2) is 37.7 Å². The lowest BCUT2D eigenvalue weighted by Gasteiger charge is -2.35. The van der Waals surface area contributed by atoms with E-state index in [2.05, 4.69) is 35.8 Å². The Balaban J connectivity index is 0.00000240. The van der Waals surface area contributed by atoms with Crippen molar-refractivity contribution in [2.75, 3.05) is 32.1 Å². The maximum Gasteiger partial charge on any atom is 0.233 e. The lowest BCUT2D eigenvalue weighted by molar-refractivity contribution is -0.130. The van der Waals surface area contributed by atoms with Crippen LogP contribution < -0.4 is 10.6 Å². The minimum atomic E-state index is -0.455. The summed E-state index contributed by atoms with van der Waals surface area (Å²) in [5, 5.41) is 7.39. The summed E-state index contributed by atoms with van der Waals surface area (Å²) >= 11 is 1.69. The van der Waals surface area contributed by atoms with Crippen LogP contribution in [0, 0.1) is 12.3 Å². The van der Waals surface area contributed by atoms with Crippen LogP contribution in [0.15, 0.2) is 42.5 Å². The van der Waals surface area contributed by atoms with Gasteiger partial charge in [-0.25, -0.2) is 4.98 Å². The lowest BCUT2D eigenvalue weighted by atomic mass is 9.78. The van der Waals surface area contributed by atoms with Crippen molar-refractivity contribution in [2.45, 2.75) is 19.8 Å². The van der Waals surface area contributed by atoms with Crippen molar-refractivity contribution in [3.05, 3.63) is 48.0 Å². The maximum absolute atomic E-state index is 13.0. The van der Waals surface area contributed by atoms with Crippen LogP contribution in [0.25, 0.3) is 20.8 Å². The lowest BCUT2D eigenvalue weighted by Crippen LogP contribution is -2.47. The van der Waals surface area contributed by atoms with Gasteiger partial charge in [-0.3, -0.25) is 4.79 Å². The van der Waals surface area contributed by atoms with Crippen LogP contribution in [0.1, 0.15) is 18.4 Å². The molecule has 0 saturated carbocycles. The molecule has 1 saturated heterocycles. The van der Waals surface area contributed by atoms with Gasteiger partial charge in [0.1, 0.15) is 5.01 Å². The zero-order valence-corrected chi connectivity index (χ0v) is 18.3. The van der Waals surface area contributed by atoms with E-state index in [0.29, 0.717) is 6.61 Å². The zero-order valence-electron chi connectivity index (χ0n) is 16.7. The number of piperidine rings is 1. The van der Waals surface area contributed by atoms with Crippen LogP contribution in [-0.2, 0) is 9.53 Å². The van der Waals surface area contributed by atoms with Gasteiger partial charge in [0.15, 0.2) is 0 Å². The van der Waals surface area contributed by atoms with Crippen molar-refractivity contribution < 1.29 is 9.53 Å². The third-order valence-corrected chi connectivity index (χ3v) is 6.46. The molecule has 0 atom stereocenters. The van der Waals surface area contributed by atoms with E-state index in [9.17, 15) is 4.79 Å². The van der Waals surface area contributed by atoms with Crippen molar-refractivity contribution in [3.8, 4) is 10.6 Å². The first-order valence-corrected chi connectivity index (χ1v) is 10.4. The highest BCUT2D eigenvalue weighted by molar-refractivity contribution is 7.21. The van der Waals surface area contributed by atoms with Crippen molar-refractivity contribution in [3.63, 3.8) is 0 Å². The third-order valence-electron chi connectivity index (χ3n) is 5.40. The number of aryl methyl sites for hydroxylation is 1. The van der Waals surface area contributed by atoms with E-state index < -0.39 is 5.41 Å². The number of benzene rings is 2. The summed E-state index contributed by atoms with van der Waals surface area (Å²) in [5.41, 5.74) is 3.67. The van der Waals surface area contributed by atoms with Crippen molar-refractivity contribution in [1.29, 1.82) is 0 Å². The number of carbonyl (C=O) groups excluding carboxylic acids is 1. The van der Waals surface area contributed by atoms with E-state index in [4.69, 9.17) is 9.72 Å². The highest BCUT2D eigenvalue weighted by Crippen LogP contribution is 2.33. The highest BCUT2D eigenvalue weighted by Gasteiger charge is 2.39. The number of anilines is 1. The Hall–Kier alpha value is -1.99. The van der Waals surface area contributed by atoms with Gasteiger partial charge in [-0.05, 0) is 74.8 Å². The van der Waals surface area contributed by atoms with Crippen LogP contribution in [0.5, 0.6) is 0 Å². The standard InChI is InChI=1S/C22H25N3O2S.ClH/c1-15-3-8-18-19(13-15)28-20(25-18)16-4-6-17(7-5-16)24-21(26)22(14-27-2)9-11-23-12-10-22;/h3-8,13,23H,9-12,14H2,1-2H3,(H,24,26);1H. The monoisotopic (exact) mass is 431 g/mol. The molecule has 2 aromatic carbocycles. The van der Waals surface area contributed by atoms with Crippen LogP contribution in [0.4, 0.5) is 5.69 Å². The number of nitrogens with zero attached hydrogens (tertiary/aromatic N) is 1. The van der Waals surface area contributed by atoms with Gasteiger partial charge >= 0.3 is 0 Å². The summed E-state index contributed by atoms with van der Waals surface area (Å²) in [5.74, 6) is 0.0408. The molecule has 4 rings (SSSR count). The van der Waals surface area contributed by atoms with Gasteiger partial charge < -0.3 is 15.4 Å². The highest BCUT2D eigenvalue weighted by atomic mass is 35.5. The molecular weight excluding hydrogens is 406 g/mol. The fourth-order valence-electron chi connectivity index (χ4n) is 3.73. The van der Waals surface area contributed by atoms with E-state index in [1.54, 1.807) is 18.4 Å². The van der Waals surface area contributed by atoms with Gasteiger partial charge in [0, 0.05) is 18.4 Å². The summed E-state index contributed by atoms with van der Waals surface area (Å²) in [6.07, 6.45) is 1.58. The molecule has 2 heterocycles.